The minimum Gasteiger partial charge on any atom is -0.322 e. The zero-order valence-corrected chi connectivity index (χ0v) is 15.7. The molecule has 1 amide bonds. The number of para-hydroxylation sites is 1. The van der Waals surface area contributed by atoms with Crippen molar-refractivity contribution in [2.75, 3.05) is 29.9 Å². The molecule has 2 aromatic carbocycles. The van der Waals surface area contributed by atoms with Gasteiger partial charge in [0.1, 0.15) is 0 Å². The minimum absolute atomic E-state index is 0.167. The SMILES string of the molecule is O=C(Nc1ccc(CN2CCS(=O)CC2)cc1)c1cnc2ccccc2c1. The van der Waals surface area contributed by atoms with Crippen LogP contribution in [0.3, 0.4) is 0 Å². The first kappa shape index (κ1) is 17.8. The van der Waals surface area contributed by atoms with Crippen LogP contribution in [-0.4, -0.2) is 44.6 Å². The lowest BCUT2D eigenvalue weighted by atomic mass is 10.1. The molecule has 1 aromatic heterocycles. The Morgan fingerprint density at radius 3 is 2.59 bits per heavy atom. The van der Waals surface area contributed by atoms with Crippen molar-refractivity contribution in [1.82, 2.24) is 9.88 Å². The summed E-state index contributed by atoms with van der Waals surface area (Å²) >= 11 is 0. The van der Waals surface area contributed by atoms with Crippen molar-refractivity contribution >= 4 is 33.3 Å². The van der Waals surface area contributed by atoms with Gasteiger partial charge in [-0.05, 0) is 29.8 Å². The van der Waals surface area contributed by atoms with E-state index >= 15 is 0 Å². The summed E-state index contributed by atoms with van der Waals surface area (Å²) in [7, 11) is -0.651. The molecule has 4 rings (SSSR count). The summed E-state index contributed by atoms with van der Waals surface area (Å²) in [5, 5.41) is 3.87. The molecule has 1 aliphatic rings. The van der Waals surface area contributed by atoms with Crippen molar-refractivity contribution in [2.24, 2.45) is 0 Å². The van der Waals surface area contributed by atoms with Crippen LogP contribution in [0, 0.1) is 0 Å². The van der Waals surface area contributed by atoms with Crippen LogP contribution in [0.2, 0.25) is 0 Å². The summed E-state index contributed by atoms with van der Waals surface area (Å²) in [5.41, 5.74) is 3.36. The monoisotopic (exact) mass is 379 g/mol. The number of nitrogens with zero attached hydrogens (tertiary/aromatic N) is 2. The Bertz CT molecular complexity index is 978. The molecule has 27 heavy (non-hydrogen) atoms. The van der Waals surface area contributed by atoms with Gasteiger partial charge in [0.15, 0.2) is 0 Å². The Balaban J connectivity index is 1.39. The first-order valence-electron chi connectivity index (χ1n) is 9.00. The van der Waals surface area contributed by atoms with Gasteiger partial charge in [-0.2, -0.15) is 0 Å². The second-order valence-electron chi connectivity index (χ2n) is 6.69. The number of hydrogen-bond acceptors (Lipinski definition) is 4. The van der Waals surface area contributed by atoms with Crippen LogP contribution >= 0.6 is 0 Å². The predicted octanol–water partition coefficient (Wildman–Crippen LogP) is 3.05. The molecule has 138 valence electrons. The fourth-order valence-corrected chi connectivity index (χ4v) is 4.31. The van der Waals surface area contributed by atoms with Gasteiger partial charge in [-0.25, -0.2) is 0 Å². The number of fused-ring (bicyclic) bond motifs is 1. The molecule has 0 aliphatic carbocycles. The average molecular weight is 379 g/mol. The lowest BCUT2D eigenvalue weighted by molar-refractivity contribution is 0.102. The van der Waals surface area contributed by atoms with Gasteiger partial charge in [0, 0.05) is 59.2 Å². The highest BCUT2D eigenvalue weighted by Crippen LogP contribution is 2.16. The van der Waals surface area contributed by atoms with Gasteiger partial charge in [0.25, 0.3) is 5.91 Å². The van der Waals surface area contributed by atoms with E-state index in [2.05, 4.69) is 15.2 Å². The first-order chi connectivity index (χ1) is 13.2. The summed E-state index contributed by atoms with van der Waals surface area (Å²) in [6, 6.07) is 17.5. The molecule has 6 heteroatoms. The predicted molar refractivity (Wildman–Crippen MR) is 109 cm³/mol. The Hall–Kier alpha value is -2.57. The Morgan fingerprint density at radius 1 is 1.07 bits per heavy atom. The molecule has 0 bridgehead atoms. The molecule has 0 atom stereocenters. The van der Waals surface area contributed by atoms with Crippen molar-refractivity contribution in [3.63, 3.8) is 0 Å². The molecule has 0 radical (unpaired) electrons. The van der Waals surface area contributed by atoms with Gasteiger partial charge < -0.3 is 5.32 Å². The highest BCUT2D eigenvalue weighted by atomic mass is 32.2. The van der Waals surface area contributed by atoms with Gasteiger partial charge in [-0.1, -0.05) is 30.3 Å². The minimum atomic E-state index is -0.651. The highest BCUT2D eigenvalue weighted by Gasteiger charge is 2.15. The standard InChI is InChI=1S/C21H21N3O2S/c25-21(18-13-17-3-1-2-4-20(17)22-14-18)23-19-7-5-16(6-8-19)15-24-9-11-27(26)12-10-24/h1-8,13-14H,9-12,15H2,(H,23,25). The quantitative estimate of drug-likeness (QED) is 0.757. The fourth-order valence-electron chi connectivity index (χ4n) is 3.18. The maximum Gasteiger partial charge on any atom is 0.257 e. The van der Waals surface area contributed by atoms with E-state index in [1.54, 1.807) is 6.20 Å². The molecule has 1 aliphatic heterocycles. The number of carbonyl (C=O) groups excluding carboxylic acids is 1. The third kappa shape index (κ3) is 4.40. The number of rotatable bonds is 4. The zero-order valence-electron chi connectivity index (χ0n) is 14.9. The Morgan fingerprint density at radius 2 is 1.81 bits per heavy atom. The van der Waals surface area contributed by atoms with Crippen molar-refractivity contribution in [3.05, 3.63) is 71.9 Å². The molecule has 1 saturated heterocycles. The third-order valence-corrected chi connectivity index (χ3v) is 6.02. The van der Waals surface area contributed by atoms with Crippen LogP contribution in [0.4, 0.5) is 5.69 Å². The Kier molecular flexibility index (Phi) is 5.27. The van der Waals surface area contributed by atoms with Gasteiger partial charge in [-0.15, -0.1) is 0 Å². The topological polar surface area (TPSA) is 62.3 Å². The fraction of sp³-hybridized carbons (Fsp3) is 0.238. The van der Waals surface area contributed by atoms with E-state index in [9.17, 15) is 9.00 Å². The Labute approximate surface area is 160 Å². The molecule has 2 heterocycles. The van der Waals surface area contributed by atoms with Crippen molar-refractivity contribution in [3.8, 4) is 0 Å². The average Bonchev–Trinajstić information content (AvgIpc) is 2.71. The summed E-state index contributed by atoms with van der Waals surface area (Å²) < 4.78 is 11.4. The van der Waals surface area contributed by atoms with Crippen molar-refractivity contribution in [2.45, 2.75) is 6.54 Å². The number of benzene rings is 2. The van der Waals surface area contributed by atoms with Gasteiger partial charge in [0.05, 0.1) is 11.1 Å². The maximum absolute atomic E-state index is 12.5. The van der Waals surface area contributed by atoms with Crippen LogP contribution < -0.4 is 5.32 Å². The van der Waals surface area contributed by atoms with Crippen LogP contribution in [-0.2, 0) is 17.3 Å². The second kappa shape index (κ2) is 7.98. The second-order valence-corrected chi connectivity index (χ2v) is 8.39. The first-order valence-corrected chi connectivity index (χ1v) is 10.5. The lowest BCUT2D eigenvalue weighted by Crippen LogP contribution is -2.37. The maximum atomic E-state index is 12.5. The zero-order chi connectivity index (χ0) is 18.6. The van der Waals surface area contributed by atoms with E-state index in [-0.39, 0.29) is 5.91 Å². The largest absolute Gasteiger partial charge is 0.322 e. The summed E-state index contributed by atoms with van der Waals surface area (Å²) in [6.07, 6.45) is 1.60. The van der Waals surface area contributed by atoms with E-state index in [4.69, 9.17) is 0 Å². The number of hydrogen-bond donors (Lipinski definition) is 1. The molecule has 0 saturated carbocycles. The number of pyridine rings is 1. The molecule has 5 nitrogen and oxygen atoms in total. The summed E-state index contributed by atoms with van der Waals surface area (Å²) in [5.74, 6) is 1.35. The van der Waals surface area contributed by atoms with Gasteiger partial charge >= 0.3 is 0 Å². The normalized spacial score (nSPS) is 15.7. The molecule has 3 aromatic rings. The van der Waals surface area contributed by atoms with Gasteiger partial charge in [-0.3, -0.25) is 18.9 Å². The number of carbonyl (C=O) groups is 1. The van der Waals surface area contributed by atoms with E-state index in [1.165, 1.54) is 5.56 Å². The van der Waals surface area contributed by atoms with Gasteiger partial charge in [0.2, 0.25) is 0 Å². The van der Waals surface area contributed by atoms with Crippen molar-refractivity contribution < 1.29 is 9.00 Å². The molecule has 1 fully saturated rings. The number of anilines is 1. The number of aromatic nitrogens is 1. The third-order valence-electron chi connectivity index (χ3n) is 4.74. The number of amides is 1. The number of nitrogens with one attached hydrogen (secondary N) is 1. The van der Waals surface area contributed by atoms with Crippen molar-refractivity contribution in [1.29, 1.82) is 0 Å². The smallest absolute Gasteiger partial charge is 0.257 e. The molecule has 1 N–H and O–H groups in total. The molecule has 0 spiro atoms. The van der Waals surface area contributed by atoms with Crippen LogP contribution in [0.1, 0.15) is 15.9 Å². The van der Waals surface area contributed by atoms with E-state index < -0.39 is 10.8 Å². The summed E-state index contributed by atoms with van der Waals surface area (Å²) in [6.45, 7) is 2.60. The molecule has 0 unspecified atom stereocenters. The van der Waals surface area contributed by atoms with E-state index in [0.717, 1.165) is 47.7 Å². The highest BCUT2D eigenvalue weighted by molar-refractivity contribution is 7.85. The van der Waals surface area contributed by atoms with Crippen LogP contribution in [0.25, 0.3) is 10.9 Å². The molecular weight excluding hydrogens is 358 g/mol. The van der Waals surface area contributed by atoms with Crippen LogP contribution in [0.5, 0.6) is 0 Å². The van der Waals surface area contributed by atoms with E-state index in [0.29, 0.717) is 5.56 Å². The lowest BCUT2D eigenvalue weighted by Gasteiger charge is -2.26. The molecular formula is C21H21N3O2S. The summed E-state index contributed by atoms with van der Waals surface area (Å²) in [4.78, 5) is 19.2. The van der Waals surface area contributed by atoms with E-state index in [1.807, 2.05) is 54.6 Å². The van der Waals surface area contributed by atoms with Crippen LogP contribution in [0.15, 0.2) is 60.8 Å².